The highest BCUT2D eigenvalue weighted by atomic mass is 19.4. The zero-order valence-electron chi connectivity index (χ0n) is 9.30. The molecule has 17 heavy (non-hydrogen) atoms. The molecule has 0 fully saturated rings. The number of hydrazine groups is 1. The van der Waals surface area contributed by atoms with Crippen LogP contribution < -0.4 is 11.3 Å². The van der Waals surface area contributed by atoms with Gasteiger partial charge in [-0.05, 0) is 24.5 Å². The third-order valence-corrected chi connectivity index (χ3v) is 2.50. The fraction of sp³-hybridized carbons (Fsp3) is 0.333. The molecule has 1 aromatic rings. The average molecular weight is 244 g/mol. The van der Waals surface area contributed by atoms with Crippen LogP contribution in [0.4, 0.5) is 13.2 Å². The summed E-state index contributed by atoms with van der Waals surface area (Å²) in [6, 6.07) is 4.92. The quantitative estimate of drug-likeness (QED) is 0.474. The lowest BCUT2D eigenvalue weighted by molar-refractivity contribution is -0.138. The maximum Gasteiger partial charge on any atom is 0.416 e. The van der Waals surface area contributed by atoms with Crippen LogP contribution in [0.25, 0.3) is 0 Å². The van der Waals surface area contributed by atoms with E-state index in [1.165, 1.54) is 12.1 Å². The van der Waals surface area contributed by atoms with Gasteiger partial charge in [0.2, 0.25) is 0 Å². The van der Waals surface area contributed by atoms with Crippen LogP contribution >= 0.6 is 0 Å². The fourth-order valence-electron chi connectivity index (χ4n) is 1.67. The lowest BCUT2D eigenvalue weighted by Crippen LogP contribution is -2.29. The second-order valence-electron chi connectivity index (χ2n) is 3.67. The van der Waals surface area contributed by atoms with Crippen LogP contribution in [-0.2, 0) is 6.18 Å². The molecule has 0 radical (unpaired) electrons. The maximum atomic E-state index is 12.8. The standard InChI is InChI=1S/C12H15F3N2/c1-2-3-8-11(17-16)9-6-4-5-7-10(9)12(13,14)15/h2,4-7,11,17H,1,3,8,16H2. The van der Waals surface area contributed by atoms with Crippen LogP contribution in [0.2, 0.25) is 0 Å². The van der Waals surface area contributed by atoms with E-state index in [0.29, 0.717) is 12.8 Å². The predicted octanol–water partition coefficient (Wildman–Crippen LogP) is 3.18. The van der Waals surface area contributed by atoms with Gasteiger partial charge in [0, 0.05) is 6.04 Å². The Hall–Kier alpha value is -1.33. The average Bonchev–Trinajstić information content (AvgIpc) is 2.29. The summed E-state index contributed by atoms with van der Waals surface area (Å²) in [6.07, 6.45) is -1.63. The van der Waals surface area contributed by atoms with Crippen LogP contribution in [0, 0.1) is 0 Å². The zero-order valence-corrected chi connectivity index (χ0v) is 9.30. The van der Waals surface area contributed by atoms with Crippen molar-refractivity contribution in [3.05, 3.63) is 48.0 Å². The van der Waals surface area contributed by atoms with Crippen molar-refractivity contribution in [3.8, 4) is 0 Å². The lowest BCUT2D eigenvalue weighted by atomic mass is 9.97. The molecule has 94 valence electrons. The molecule has 0 aliphatic carbocycles. The Morgan fingerprint density at radius 2 is 2.00 bits per heavy atom. The summed E-state index contributed by atoms with van der Waals surface area (Å²) in [6.45, 7) is 3.54. The van der Waals surface area contributed by atoms with Gasteiger partial charge in [0.15, 0.2) is 0 Å². The SMILES string of the molecule is C=CCCC(NN)c1ccccc1C(F)(F)F. The van der Waals surface area contributed by atoms with Crippen LogP contribution in [-0.4, -0.2) is 0 Å². The van der Waals surface area contributed by atoms with Crippen LogP contribution in [0.15, 0.2) is 36.9 Å². The smallest absolute Gasteiger partial charge is 0.271 e. The Labute approximate surface area is 98.3 Å². The number of allylic oxidation sites excluding steroid dienone is 1. The zero-order chi connectivity index (χ0) is 12.9. The van der Waals surface area contributed by atoms with Gasteiger partial charge in [0.25, 0.3) is 0 Å². The molecule has 0 spiro atoms. The largest absolute Gasteiger partial charge is 0.416 e. The van der Waals surface area contributed by atoms with Gasteiger partial charge in [-0.3, -0.25) is 11.3 Å². The highest BCUT2D eigenvalue weighted by Gasteiger charge is 2.34. The summed E-state index contributed by atoms with van der Waals surface area (Å²) < 4.78 is 38.3. The monoisotopic (exact) mass is 244 g/mol. The number of hydrogen-bond acceptors (Lipinski definition) is 2. The van der Waals surface area contributed by atoms with Gasteiger partial charge < -0.3 is 0 Å². The van der Waals surface area contributed by atoms with E-state index < -0.39 is 17.8 Å². The molecular formula is C12H15F3N2. The molecule has 1 atom stereocenters. The Kier molecular flexibility index (Phi) is 4.72. The molecule has 0 aliphatic rings. The Morgan fingerprint density at radius 3 is 2.53 bits per heavy atom. The van der Waals surface area contributed by atoms with Crippen LogP contribution in [0.3, 0.4) is 0 Å². The number of hydrogen-bond donors (Lipinski definition) is 2. The number of halogens is 3. The molecule has 3 N–H and O–H groups in total. The summed E-state index contributed by atoms with van der Waals surface area (Å²) in [7, 11) is 0. The van der Waals surface area contributed by atoms with E-state index in [2.05, 4.69) is 12.0 Å². The molecule has 2 nitrogen and oxygen atoms in total. The Balaban J connectivity index is 3.06. The second kappa shape index (κ2) is 5.84. The van der Waals surface area contributed by atoms with Gasteiger partial charge in [-0.2, -0.15) is 13.2 Å². The van der Waals surface area contributed by atoms with E-state index >= 15 is 0 Å². The summed E-state index contributed by atoms with van der Waals surface area (Å²) in [5.74, 6) is 5.31. The van der Waals surface area contributed by atoms with Crippen LogP contribution in [0.5, 0.6) is 0 Å². The van der Waals surface area contributed by atoms with Crippen molar-refractivity contribution in [1.29, 1.82) is 0 Å². The molecule has 1 rings (SSSR count). The molecule has 0 saturated heterocycles. The summed E-state index contributed by atoms with van der Waals surface area (Å²) in [5.41, 5.74) is 1.94. The van der Waals surface area contributed by atoms with Gasteiger partial charge in [-0.15, -0.1) is 6.58 Å². The first kappa shape index (κ1) is 13.7. The van der Waals surface area contributed by atoms with E-state index in [-0.39, 0.29) is 5.56 Å². The third-order valence-electron chi connectivity index (χ3n) is 2.50. The molecule has 0 aliphatic heterocycles. The van der Waals surface area contributed by atoms with Crippen molar-refractivity contribution in [2.45, 2.75) is 25.1 Å². The van der Waals surface area contributed by atoms with E-state index in [1.54, 1.807) is 12.1 Å². The summed E-state index contributed by atoms with van der Waals surface area (Å²) >= 11 is 0. The topological polar surface area (TPSA) is 38.0 Å². The molecule has 1 aromatic carbocycles. The number of rotatable bonds is 5. The van der Waals surface area contributed by atoms with Crippen molar-refractivity contribution >= 4 is 0 Å². The fourth-order valence-corrected chi connectivity index (χ4v) is 1.67. The van der Waals surface area contributed by atoms with Gasteiger partial charge in [0.1, 0.15) is 0 Å². The highest BCUT2D eigenvalue weighted by molar-refractivity contribution is 5.32. The molecular weight excluding hydrogens is 229 g/mol. The molecule has 5 heteroatoms. The van der Waals surface area contributed by atoms with Gasteiger partial charge >= 0.3 is 6.18 Å². The van der Waals surface area contributed by atoms with E-state index in [4.69, 9.17) is 5.84 Å². The number of nitrogens with two attached hydrogens (primary N) is 1. The molecule has 0 saturated carbocycles. The first-order valence-corrected chi connectivity index (χ1v) is 5.24. The summed E-state index contributed by atoms with van der Waals surface area (Å²) in [4.78, 5) is 0. The van der Waals surface area contributed by atoms with Crippen molar-refractivity contribution < 1.29 is 13.2 Å². The molecule has 0 amide bonds. The van der Waals surface area contributed by atoms with Crippen molar-refractivity contribution in [1.82, 2.24) is 5.43 Å². The third kappa shape index (κ3) is 3.57. The Bertz CT molecular complexity index is 374. The summed E-state index contributed by atoms with van der Waals surface area (Å²) in [5, 5.41) is 0. The first-order valence-electron chi connectivity index (χ1n) is 5.24. The van der Waals surface area contributed by atoms with Crippen molar-refractivity contribution in [2.75, 3.05) is 0 Å². The number of alkyl halides is 3. The number of nitrogens with one attached hydrogen (secondary N) is 1. The second-order valence-corrected chi connectivity index (χ2v) is 3.67. The minimum absolute atomic E-state index is 0.171. The number of benzene rings is 1. The van der Waals surface area contributed by atoms with Gasteiger partial charge in [-0.25, -0.2) is 0 Å². The first-order chi connectivity index (χ1) is 8.00. The maximum absolute atomic E-state index is 12.8. The van der Waals surface area contributed by atoms with Gasteiger partial charge in [-0.1, -0.05) is 24.3 Å². The van der Waals surface area contributed by atoms with E-state index in [9.17, 15) is 13.2 Å². The minimum atomic E-state index is -4.36. The van der Waals surface area contributed by atoms with Crippen LogP contribution in [0.1, 0.15) is 30.0 Å². The van der Waals surface area contributed by atoms with Crippen molar-refractivity contribution in [3.63, 3.8) is 0 Å². The normalized spacial score (nSPS) is 13.4. The van der Waals surface area contributed by atoms with E-state index in [1.807, 2.05) is 0 Å². The molecule has 0 heterocycles. The minimum Gasteiger partial charge on any atom is -0.271 e. The molecule has 1 unspecified atom stereocenters. The molecule has 0 bridgehead atoms. The molecule has 0 aromatic heterocycles. The predicted molar refractivity (Wildman–Crippen MR) is 60.9 cm³/mol. The van der Waals surface area contributed by atoms with E-state index in [0.717, 1.165) is 6.07 Å². The highest BCUT2D eigenvalue weighted by Crippen LogP contribution is 2.35. The lowest BCUT2D eigenvalue weighted by Gasteiger charge is -2.20. The Morgan fingerprint density at radius 1 is 1.35 bits per heavy atom. The van der Waals surface area contributed by atoms with Gasteiger partial charge in [0.05, 0.1) is 5.56 Å². The van der Waals surface area contributed by atoms with Crippen molar-refractivity contribution in [2.24, 2.45) is 5.84 Å².